The molecule has 1 aromatic carbocycles. The van der Waals surface area contributed by atoms with Crippen LogP contribution in [0.5, 0.6) is 5.75 Å². The van der Waals surface area contributed by atoms with Crippen molar-refractivity contribution in [2.45, 2.75) is 38.1 Å². The number of unbranched alkanes of at least 4 members (excludes halogenated alkanes) is 2. The van der Waals surface area contributed by atoms with Crippen LogP contribution in [-0.4, -0.2) is 28.7 Å². The van der Waals surface area contributed by atoms with E-state index in [0.717, 1.165) is 35.6 Å². The van der Waals surface area contributed by atoms with Crippen LogP contribution in [0, 0.1) is 0 Å². The number of ether oxygens (including phenoxy) is 1. The number of halogens is 1. The zero-order valence-electron chi connectivity index (χ0n) is 12.9. The zero-order valence-corrected chi connectivity index (χ0v) is 14.5. The maximum Gasteiger partial charge on any atom is 0.127 e. The maximum absolute atomic E-state index is 6.30. The van der Waals surface area contributed by atoms with E-state index in [9.17, 15) is 0 Å². The van der Waals surface area contributed by atoms with Crippen molar-refractivity contribution >= 4 is 34.4 Å². The first-order valence-corrected chi connectivity index (χ1v) is 9.17. The Bertz CT molecular complexity index is 583. The van der Waals surface area contributed by atoms with E-state index in [-0.39, 0.29) is 5.38 Å². The summed E-state index contributed by atoms with van der Waals surface area (Å²) in [6.45, 7) is 2.94. The summed E-state index contributed by atoms with van der Waals surface area (Å²) in [6, 6.07) is 6.00. The number of imidazole rings is 1. The molecule has 21 heavy (non-hydrogen) atoms. The Labute approximate surface area is 136 Å². The first-order chi connectivity index (χ1) is 10.2. The number of benzene rings is 1. The number of aromatic nitrogens is 2. The second-order valence-corrected chi connectivity index (χ2v) is 6.79. The summed E-state index contributed by atoms with van der Waals surface area (Å²) in [7, 11) is 1.69. The highest BCUT2D eigenvalue weighted by molar-refractivity contribution is 7.98. The molecular formula is C16H23ClN2OS. The first-order valence-electron chi connectivity index (χ1n) is 7.34. The van der Waals surface area contributed by atoms with Gasteiger partial charge in [-0.3, -0.25) is 0 Å². The summed E-state index contributed by atoms with van der Waals surface area (Å²) in [5.74, 6) is 3.04. The van der Waals surface area contributed by atoms with E-state index >= 15 is 0 Å². The number of fused-ring (bicyclic) bond motifs is 1. The second-order valence-electron chi connectivity index (χ2n) is 5.15. The predicted molar refractivity (Wildman–Crippen MR) is 92.8 cm³/mol. The normalized spacial score (nSPS) is 12.8. The summed E-state index contributed by atoms with van der Waals surface area (Å²) in [4.78, 5) is 4.67. The molecule has 116 valence electrons. The molecule has 0 saturated heterocycles. The average Bonchev–Trinajstić information content (AvgIpc) is 2.85. The van der Waals surface area contributed by atoms with Gasteiger partial charge in [-0.15, -0.1) is 11.6 Å². The molecule has 3 nitrogen and oxygen atoms in total. The molecule has 0 aliphatic carbocycles. The molecule has 1 unspecified atom stereocenters. The summed E-state index contributed by atoms with van der Waals surface area (Å²) in [5.41, 5.74) is 2.10. The minimum absolute atomic E-state index is 0.0883. The lowest BCUT2D eigenvalue weighted by atomic mass is 10.2. The molecule has 0 bridgehead atoms. The maximum atomic E-state index is 6.30. The van der Waals surface area contributed by atoms with E-state index in [4.69, 9.17) is 16.3 Å². The van der Waals surface area contributed by atoms with Gasteiger partial charge in [-0.2, -0.15) is 11.8 Å². The van der Waals surface area contributed by atoms with Crippen molar-refractivity contribution < 1.29 is 4.74 Å². The Morgan fingerprint density at radius 1 is 1.33 bits per heavy atom. The third kappa shape index (κ3) is 4.07. The van der Waals surface area contributed by atoms with Gasteiger partial charge in [-0.05, 0) is 43.9 Å². The molecule has 0 radical (unpaired) electrons. The Morgan fingerprint density at radius 3 is 2.81 bits per heavy atom. The molecule has 0 fully saturated rings. The number of methoxy groups -OCH3 is 1. The van der Waals surface area contributed by atoms with E-state index in [0.29, 0.717) is 0 Å². The SMILES string of the molecule is COc1ccc2nc(C(C)Cl)n(CCCCCSC)c2c1. The van der Waals surface area contributed by atoms with E-state index in [1.165, 1.54) is 18.6 Å². The minimum atomic E-state index is -0.0883. The first kappa shape index (κ1) is 16.5. The number of thioether (sulfide) groups is 1. The van der Waals surface area contributed by atoms with Gasteiger partial charge >= 0.3 is 0 Å². The Balaban J connectivity index is 2.22. The van der Waals surface area contributed by atoms with Gasteiger partial charge < -0.3 is 9.30 Å². The van der Waals surface area contributed by atoms with Crippen LogP contribution in [0.25, 0.3) is 11.0 Å². The Morgan fingerprint density at radius 2 is 2.14 bits per heavy atom. The van der Waals surface area contributed by atoms with E-state index in [1.807, 2.05) is 36.9 Å². The highest BCUT2D eigenvalue weighted by Crippen LogP contribution is 2.27. The van der Waals surface area contributed by atoms with Gasteiger partial charge in [0.2, 0.25) is 0 Å². The van der Waals surface area contributed by atoms with Gasteiger partial charge in [0.1, 0.15) is 11.6 Å². The van der Waals surface area contributed by atoms with Crippen molar-refractivity contribution in [3.05, 3.63) is 24.0 Å². The number of hydrogen-bond donors (Lipinski definition) is 0. The number of alkyl halides is 1. The summed E-state index contributed by atoms with van der Waals surface area (Å²) in [5, 5.41) is -0.0883. The third-order valence-electron chi connectivity index (χ3n) is 3.57. The summed E-state index contributed by atoms with van der Waals surface area (Å²) in [6.07, 6.45) is 5.81. The molecule has 0 spiro atoms. The molecule has 0 amide bonds. The Hall–Kier alpha value is -0.870. The summed E-state index contributed by atoms with van der Waals surface area (Å²) < 4.78 is 7.57. The molecule has 1 heterocycles. The standard InChI is InChI=1S/C16H23ClN2OS/c1-12(17)16-18-14-8-7-13(20-2)11-15(14)19(16)9-5-4-6-10-21-3/h7-8,11-12H,4-6,9-10H2,1-3H3. The Kier molecular flexibility index (Phi) is 6.24. The number of aryl methyl sites for hydroxylation is 1. The monoisotopic (exact) mass is 326 g/mol. The van der Waals surface area contributed by atoms with Crippen LogP contribution in [0.2, 0.25) is 0 Å². The van der Waals surface area contributed by atoms with Crippen LogP contribution in [0.3, 0.4) is 0 Å². The van der Waals surface area contributed by atoms with Gasteiger partial charge in [0, 0.05) is 12.6 Å². The molecule has 5 heteroatoms. The van der Waals surface area contributed by atoms with Crippen molar-refractivity contribution in [2.24, 2.45) is 0 Å². The van der Waals surface area contributed by atoms with Crippen LogP contribution >= 0.6 is 23.4 Å². The van der Waals surface area contributed by atoms with Crippen molar-refractivity contribution in [1.29, 1.82) is 0 Å². The van der Waals surface area contributed by atoms with Gasteiger partial charge in [-0.25, -0.2) is 4.98 Å². The van der Waals surface area contributed by atoms with E-state index in [2.05, 4.69) is 15.8 Å². The molecule has 0 aliphatic rings. The largest absolute Gasteiger partial charge is 0.497 e. The number of rotatable bonds is 8. The van der Waals surface area contributed by atoms with Crippen LogP contribution in [0.15, 0.2) is 18.2 Å². The van der Waals surface area contributed by atoms with Crippen LogP contribution < -0.4 is 4.74 Å². The van der Waals surface area contributed by atoms with Gasteiger partial charge in [0.25, 0.3) is 0 Å². The molecule has 1 atom stereocenters. The fraction of sp³-hybridized carbons (Fsp3) is 0.562. The molecular weight excluding hydrogens is 304 g/mol. The van der Waals surface area contributed by atoms with Gasteiger partial charge in [0.05, 0.1) is 23.5 Å². The highest BCUT2D eigenvalue weighted by Gasteiger charge is 2.15. The highest BCUT2D eigenvalue weighted by atomic mass is 35.5. The number of hydrogen-bond acceptors (Lipinski definition) is 3. The predicted octanol–water partition coefficient (Wildman–Crippen LogP) is 4.88. The van der Waals surface area contributed by atoms with Crippen molar-refractivity contribution in [1.82, 2.24) is 9.55 Å². The van der Waals surface area contributed by atoms with Crippen molar-refractivity contribution in [2.75, 3.05) is 19.1 Å². The van der Waals surface area contributed by atoms with Gasteiger partial charge in [0.15, 0.2) is 0 Å². The van der Waals surface area contributed by atoms with Crippen LogP contribution in [0.1, 0.15) is 37.4 Å². The van der Waals surface area contributed by atoms with Crippen LogP contribution in [0.4, 0.5) is 0 Å². The lowest BCUT2D eigenvalue weighted by molar-refractivity contribution is 0.415. The van der Waals surface area contributed by atoms with Crippen LogP contribution in [-0.2, 0) is 6.54 Å². The molecule has 0 aliphatic heterocycles. The fourth-order valence-electron chi connectivity index (χ4n) is 2.48. The van der Waals surface area contributed by atoms with Crippen molar-refractivity contribution in [3.8, 4) is 5.75 Å². The number of nitrogens with zero attached hydrogens (tertiary/aromatic N) is 2. The summed E-state index contributed by atoms with van der Waals surface area (Å²) >= 11 is 8.21. The molecule has 0 N–H and O–H groups in total. The molecule has 2 aromatic rings. The minimum Gasteiger partial charge on any atom is -0.497 e. The average molecular weight is 327 g/mol. The fourth-order valence-corrected chi connectivity index (χ4v) is 3.14. The zero-order chi connectivity index (χ0) is 15.2. The van der Waals surface area contributed by atoms with E-state index < -0.39 is 0 Å². The quantitative estimate of drug-likeness (QED) is 0.511. The molecule has 1 aromatic heterocycles. The topological polar surface area (TPSA) is 27.1 Å². The lowest BCUT2D eigenvalue weighted by Crippen LogP contribution is -2.05. The molecule has 2 rings (SSSR count). The van der Waals surface area contributed by atoms with E-state index in [1.54, 1.807) is 7.11 Å². The van der Waals surface area contributed by atoms with Crippen molar-refractivity contribution in [3.63, 3.8) is 0 Å². The van der Waals surface area contributed by atoms with Gasteiger partial charge in [-0.1, -0.05) is 6.42 Å². The lowest BCUT2D eigenvalue weighted by Gasteiger charge is -2.11. The molecule has 0 saturated carbocycles. The smallest absolute Gasteiger partial charge is 0.127 e. The second kappa shape index (κ2) is 7.95. The third-order valence-corrected chi connectivity index (χ3v) is 4.46.